The summed E-state index contributed by atoms with van der Waals surface area (Å²) in [6.45, 7) is 12.5. The molecule has 2 aromatic carbocycles. The summed E-state index contributed by atoms with van der Waals surface area (Å²) in [6, 6.07) is 21.4. The summed E-state index contributed by atoms with van der Waals surface area (Å²) in [5.74, 6) is 1.17. The summed E-state index contributed by atoms with van der Waals surface area (Å²) >= 11 is 1.93. The molecule has 1 heterocycles. The molecule has 2 atom stereocenters. The van der Waals surface area contributed by atoms with E-state index in [2.05, 4.69) is 94.5 Å². The topological polar surface area (TPSA) is 18.5 Å². The van der Waals surface area contributed by atoms with E-state index in [4.69, 9.17) is 9.16 Å². The third-order valence-corrected chi connectivity index (χ3v) is 12.4. The lowest BCUT2D eigenvalue weighted by Gasteiger charge is -2.56. The molecule has 1 aliphatic carbocycles. The van der Waals surface area contributed by atoms with Crippen LogP contribution >= 0.6 is 11.8 Å². The van der Waals surface area contributed by atoms with E-state index in [0.29, 0.717) is 0 Å². The summed E-state index contributed by atoms with van der Waals surface area (Å²) in [4.78, 5) is 1.28. The van der Waals surface area contributed by atoms with E-state index in [0.717, 1.165) is 19.4 Å². The van der Waals surface area contributed by atoms with Gasteiger partial charge in [0.15, 0.2) is 0 Å². The minimum absolute atomic E-state index is 0.0867. The number of benzene rings is 2. The van der Waals surface area contributed by atoms with Crippen LogP contribution in [-0.4, -0.2) is 25.8 Å². The van der Waals surface area contributed by atoms with Crippen molar-refractivity contribution in [2.24, 2.45) is 0 Å². The van der Waals surface area contributed by atoms with Crippen molar-refractivity contribution in [2.45, 2.75) is 67.5 Å². The molecule has 2 nitrogen and oxygen atoms in total. The molecule has 1 saturated heterocycles. The Hall–Kier alpha value is -1.49. The van der Waals surface area contributed by atoms with Gasteiger partial charge in [-0.15, -0.1) is 11.8 Å². The predicted octanol–water partition coefficient (Wildman–Crippen LogP) is 7.14. The summed E-state index contributed by atoms with van der Waals surface area (Å²) in [5.41, 5.74) is 2.50. The molecular formula is C25H32O2SSi. The van der Waals surface area contributed by atoms with Crippen molar-refractivity contribution in [2.75, 3.05) is 6.61 Å². The summed E-state index contributed by atoms with van der Waals surface area (Å²) in [5, 5.41) is 0.154. The van der Waals surface area contributed by atoms with Crippen LogP contribution in [-0.2, 0) is 9.16 Å². The van der Waals surface area contributed by atoms with Gasteiger partial charge in [0.05, 0.1) is 0 Å². The second kappa shape index (κ2) is 7.64. The van der Waals surface area contributed by atoms with Crippen LogP contribution < -0.4 is 0 Å². The van der Waals surface area contributed by atoms with Crippen molar-refractivity contribution in [3.8, 4) is 0 Å². The monoisotopic (exact) mass is 424 g/mol. The van der Waals surface area contributed by atoms with Crippen LogP contribution in [0.15, 0.2) is 71.3 Å². The number of rotatable bonds is 5. The highest BCUT2D eigenvalue weighted by molar-refractivity contribution is 8.01. The molecule has 1 fully saturated rings. The Morgan fingerprint density at radius 3 is 2.24 bits per heavy atom. The van der Waals surface area contributed by atoms with Crippen LogP contribution in [0.1, 0.15) is 39.2 Å². The fourth-order valence-electron chi connectivity index (χ4n) is 3.92. The van der Waals surface area contributed by atoms with Crippen LogP contribution in [0.4, 0.5) is 0 Å². The first-order valence-electron chi connectivity index (χ1n) is 10.6. The van der Waals surface area contributed by atoms with Gasteiger partial charge >= 0.3 is 0 Å². The zero-order chi connectivity index (χ0) is 20.7. The first-order valence-corrected chi connectivity index (χ1v) is 14.3. The van der Waals surface area contributed by atoms with E-state index in [1.54, 1.807) is 0 Å². The van der Waals surface area contributed by atoms with Gasteiger partial charge in [-0.1, -0.05) is 69.3 Å². The van der Waals surface area contributed by atoms with E-state index in [-0.39, 0.29) is 15.9 Å². The Bertz CT molecular complexity index is 886. The molecule has 4 rings (SSSR count). The largest absolute Gasteiger partial charge is 0.545 e. The SMILES string of the molecule is CC(C)(C)[Si](C)(C)OC1=C(c2ccccc2)C2OCCCC12Sc1ccccc1. The molecule has 0 N–H and O–H groups in total. The van der Waals surface area contributed by atoms with Crippen molar-refractivity contribution >= 4 is 25.7 Å². The second-order valence-corrected chi connectivity index (χ2v) is 15.8. The average molecular weight is 425 g/mol. The summed E-state index contributed by atoms with van der Waals surface area (Å²) in [6.07, 6.45) is 2.25. The molecule has 154 valence electrons. The molecule has 0 radical (unpaired) electrons. The van der Waals surface area contributed by atoms with Gasteiger partial charge in [0.25, 0.3) is 0 Å². The van der Waals surface area contributed by atoms with Crippen molar-refractivity contribution in [1.29, 1.82) is 0 Å². The standard InChI is InChI=1S/C25H32O2SSi/c1-24(2,3)29(4,5)27-23-21(19-13-8-6-9-14-19)22-25(23,17-12-18-26-22)28-20-15-10-7-11-16-20/h6-11,13-16,22H,12,17-18H2,1-5H3. The third kappa shape index (κ3) is 3.71. The number of hydrogen-bond donors (Lipinski definition) is 0. The van der Waals surface area contributed by atoms with E-state index >= 15 is 0 Å². The highest BCUT2D eigenvalue weighted by atomic mass is 32.2. The Morgan fingerprint density at radius 2 is 1.62 bits per heavy atom. The lowest BCUT2D eigenvalue weighted by Crippen LogP contribution is -2.58. The van der Waals surface area contributed by atoms with Crippen LogP contribution in [0, 0.1) is 0 Å². The molecule has 0 aromatic heterocycles. The number of ether oxygens (including phenoxy) is 1. The molecule has 29 heavy (non-hydrogen) atoms. The van der Waals surface area contributed by atoms with E-state index in [1.165, 1.54) is 21.8 Å². The molecular weight excluding hydrogens is 392 g/mol. The average Bonchev–Trinajstić information content (AvgIpc) is 2.68. The van der Waals surface area contributed by atoms with Gasteiger partial charge < -0.3 is 9.16 Å². The maximum atomic E-state index is 7.07. The maximum absolute atomic E-state index is 7.07. The van der Waals surface area contributed by atoms with Gasteiger partial charge in [-0.2, -0.15) is 0 Å². The minimum atomic E-state index is -1.98. The molecule has 2 aromatic rings. The lowest BCUT2D eigenvalue weighted by molar-refractivity contribution is 0.00523. The molecule has 0 saturated carbocycles. The fraction of sp³-hybridized carbons (Fsp3) is 0.440. The van der Waals surface area contributed by atoms with Crippen LogP contribution in [0.2, 0.25) is 18.1 Å². The zero-order valence-corrected chi connectivity index (χ0v) is 20.0. The fourth-order valence-corrected chi connectivity index (χ4v) is 6.60. The van der Waals surface area contributed by atoms with Crippen LogP contribution in [0.5, 0.6) is 0 Å². The Morgan fingerprint density at radius 1 is 1.00 bits per heavy atom. The van der Waals surface area contributed by atoms with Gasteiger partial charge in [-0.25, -0.2) is 0 Å². The summed E-state index contributed by atoms with van der Waals surface area (Å²) in [7, 11) is -1.98. The first kappa shape index (κ1) is 20.8. The highest BCUT2D eigenvalue weighted by Gasteiger charge is 2.60. The minimum Gasteiger partial charge on any atom is -0.545 e. The number of fused-ring (bicyclic) bond motifs is 1. The quantitative estimate of drug-likeness (QED) is 0.475. The molecule has 2 aliphatic rings. The highest BCUT2D eigenvalue weighted by Crippen LogP contribution is 2.61. The smallest absolute Gasteiger partial charge is 0.250 e. The second-order valence-electron chi connectivity index (χ2n) is 9.63. The van der Waals surface area contributed by atoms with Gasteiger partial charge in [0, 0.05) is 17.1 Å². The molecule has 4 heteroatoms. The molecule has 0 bridgehead atoms. The zero-order valence-electron chi connectivity index (χ0n) is 18.2. The van der Waals surface area contributed by atoms with Gasteiger partial charge in [0.1, 0.15) is 16.6 Å². The van der Waals surface area contributed by atoms with Crippen LogP contribution in [0.25, 0.3) is 5.57 Å². The molecule has 0 amide bonds. The van der Waals surface area contributed by atoms with Gasteiger partial charge in [-0.3, -0.25) is 0 Å². The van der Waals surface area contributed by atoms with Crippen molar-refractivity contribution in [1.82, 2.24) is 0 Å². The van der Waals surface area contributed by atoms with Crippen molar-refractivity contribution in [3.63, 3.8) is 0 Å². The maximum Gasteiger partial charge on any atom is 0.250 e. The Kier molecular flexibility index (Phi) is 5.47. The normalized spacial score (nSPS) is 24.7. The Balaban J connectivity index is 1.82. The Labute approximate surface area is 180 Å². The van der Waals surface area contributed by atoms with Gasteiger partial charge in [0.2, 0.25) is 8.32 Å². The number of thioether (sulfide) groups is 1. The van der Waals surface area contributed by atoms with Crippen LogP contribution in [0.3, 0.4) is 0 Å². The predicted molar refractivity (Wildman–Crippen MR) is 126 cm³/mol. The third-order valence-electron chi connectivity index (χ3n) is 6.58. The van der Waals surface area contributed by atoms with E-state index in [1.807, 2.05) is 11.8 Å². The van der Waals surface area contributed by atoms with Crippen molar-refractivity contribution in [3.05, 3.63) is 72.0 Å². The van der Waals surface area contributed by atoms with E-state index in [9.17, 15) is 0 Å². The number of hydrogen-bond acceptors (Lipinski definition) is 3. The lowest BCUT2D eigenvalue weighted by atomic mass is 9.72. The molecule has 1 aliphatic heterocycles. The first-order chi connectivity index (χ1) is 13.7. The van der Waals surface area contributed by atoms with E-state index < -0.39 is 8.32 Å². The summed E-state index contributed by atoms with van der Waals surface area (Å²) < 4.78 is 13.3. The van der Waals surface area contributed by atoms with Gasteiger partial charge in [-0.05, 0) is 48.7 Å². The molecule has 0 spiro atoms. The van der Waals surface area contributed by atoms with Crippen molar-refractivity contribution < 1.29 is 9.16 Å². The molecule has 2 unspecified atom stereocenters.